The maximum absolute atomic E-state index is 14.0. The topological polar surface area (TPSA) is 166 Å². The quantitative estimate of drug-likeness (QED) is 0.216. The Bertz CT molecular complexity index is 1950. The summed E-state index contributed by atoms with van der Waals surface area (Å²) in [6.07, 6.45) is 10.3. The Kier molecular flexibility index (Phi) is 11.5. The van der Waals surface area contributed by atoms with Gasteiger partial charge >= 0.3 is 0 Å². The summed E-state index contributed by atoms with van der Waals surface area (Å²) >= 11 is 1.51. The summed E-state index contributed by atoms with van der Waals surface area (Å²) in [4.78, 5) is 50.5. The second kappa shape index (κ2) is 15.9. The summed E-state index contributed by atoms with van der Waals surface area (Å²) in [6.45, 7) is 6.16. The number of nitrogens with one attached hydrogen (secondary N) is 3. The molecule has 1 aliphatic heterocycles. The number of nitrogens with zero attached hydrogens (tertiary/aromatic N) is 2. The smallest absolute Gasteiger partial charge is 0.259 e. The summed E-state index contributed by atoms with van der Waals surface area (Å²) in [7, 11) is -2.29. The van der Waals surface area contributed by atoms with Crippen molar-refractivity contribution in [3.05, 3.63) is 47.0 Å². The van der Waals surface area contributed by atoms with Crippen molar-refractivity contribution in [3.63, 3.8) is 0 Å². The number of aromatic nitrogens is 2. The van der Waals surface area contributed by atoms with Crippen LogP contribution < -0.4 is 24.8 Å². The molecule has 0 radical (unpaired) electrons. The minimum Gasteiger partial charge on any atom is -0.496 e. The number of carbonyl (C=O) groups excluding carboxylic acids is 3. The molecule has 2 saturated carbocycles. The normalized spacial score (nSPS) is 23.1. The zero-order valence-electron chi connectivity index (χ0n) is 30.3. The summed E-state index contributed by atoms with van der Waals surface area (Å²) in [5, 5.41) is 8.66. The Hall–Kier alpha value is -4.04. The third kappa shape index (κ3) is 8.27. The number of hydrogen-bond donors (Lipinski definition) is 3. The highest BCUT2D eigenvalue weighted by atomic mass is 32.2. The summed E-state index contributed by atoms with van der Waals surface area (Å²) in [5.74, 6) is -0.455. The van der Waals surface area contributed by atoms with Crippen molar-refractivity contribution in [1.82, 2.24) is 25.3 Å². The van der Waals surface area contributed by atoms with Crippen LogP contribution in [0, 0.1) is 12.8 Å². The van der Waals surface area contributed by atoms with Crippen LogP contribution in [-0.2, 0) is 24.4 Å². The number of benzene rings is 1. The van der Waals surface area contributed by atoms with Gasteiger partial charge in [-0.3, -0.25) is 19.1 Å². The molecule has 12 nitrogen and oxygen atoms in total. The minimum atomic E-state index is -3.90. The molecule has 0 unspecified atom stereocenters. The Morgan fingerprint density at radius 2 is 1.88 bits per heavy atom. The number of pyridine rings is 1. The highest BCUT2D eigenvalue weighted by Gasteiger charge is 2.61. The first-order chi connectivity index (χ1) is 24.9. The molecule has 3 atom stereocenters. The molecule has 0 spiro atoms. The second-order valence-corrected chi connectivity index (χ2v) is 17.3. The molecule has 3 amide bonds. The summed E-state index contributed by atoms with van der Waals surface area (Å²) < 4.78 is 40.5. The second-order valence-electron chi connectivity index (χ2n) is 14.5. The standard InChI is InChI=1S/C38H49N5O7S2/c1-23(2)30-22-51-36(41-30)29-20-32(27-16-17-31(49-4)24(3)34(27)40-29)50-19-18-28-35(45)42-38(37(46)43-52(47,48)26-13-10-11-14-26)21-25(38)12-8-6-5-7-9-15-33(44)39-28/h8,12,16-17,20,22-23,25-26,28H,5-7,9-11,13-15,18-19,21H2,1-4H3,(H,39,44)(H,42,45)(H,43,46)/t25-,28+,38-/m1/s1. The van der Waals surface area contributed by atoms with E-state index in [0.717, 1.165) is 53.8 Å². The average Bonchev–Trinajstić information content (AvgIpc) is 3.47. The Labute approximate surface area is 309 Å². The van der Waals surface area contributed by atoms with E-state index < -0.39 is 38.7 Å². The lowest BCUT2D eigenvalue weighted by molar-refractivity contribution is -0.132. The van der Waals surface area contributed by atoms with Crippen LogP contribution in [0.5, 0.6) is 11.5 Å². The van der Waals surface area contributed by atoms with Gasteiger partial charge in [-0.2, -0.15) is 0 Å². The van der Waals surface area contributed by atoms with Gasteiger partial charge in [-0.25, -0.2) is 18.4 Å². The average molecular weight is 752 g/mol. The van der Waals surface area contributed by atoms with Crippen LogP contribution in [0.1, 0.15) is 102 Å². The molecular weight excluding hydrogens is 703 g/mol. The van der Waals surface area contributed by atoms with Crippen LogP contribution in [0.15, 0.2) is 35.7 Å². The number of thiazole rings is 1. The molecule has 3 aliphatic rings. The Morgan fingerprint density at radius 1 is 1.10 bits per heavy atom. The first-order valence-corrected chi connectivity index (χ1v) is 20.8. The van der Waals surface area contributed by atoms with Gasteiger partial charge in [0.25, 0.3) is 5.91 Å². The Balaban J connectivity index is 1.25. The van der Waals surface area contributed by atoms with Crippen molar-refractivity contribution >= 4 is 50.0 Å². The van der Waals surface area contributed by atoms with E-state index in [1.807, 2.05) is 42.7 Å². The van der Waals surface area contributed by atoms with E-state index in [1.165, 1.54) is 11.3 Å². The van der Waals surface area contributed by atoms with Gasteiger partial charge in [-0.1, -0.05) is 45.3 Å². The third-order valence-corrected chi connectivity index (χ3v) is 13.1. The molecule has 52 heavy (non-hydrogen) atoms. The number of hydrogen-bond acceptors (Lipinski definition) is 10. The monoisotopic (exact) mass is 751 g/mol. The lowest BCUT2D eigenvalue weighted by Crippen LogP contribution is -2.57. The van der Waals surface area contributed by atoms with Crippen molar-refractivity contribution in [2.75, 3.05) is 13.7 Å². The highest BCUT2D eigenvalue weighted by Crippen LogP contribution is 2.46. The fourth-order valence-electron chi connectivity index (χ4n) is 7.10. The molecule has 1 aromatic carbocycles. The number of allylic oxidation sites excluding steroid dienone is 1. The fourth-order valence-corrected chi connectivity index (χ4v) is 9.60. The van der Waals surface area contributed by atoms with E-state index in [9.17, 15) is 22.8 Å². The summed E-state index contributed by atoms with van der Waals surface area (Å²) in [6, 6.07) is 4.55. The molecule has 0 bridgehead atoms. The van der Waals surface area contributed by atoms with Crippen LogP contribution >= 0.6 is 11.3 Å². The first-order valence-electron chi connectivity index (χ1n) is 18.3. The number of methoxy groups -OCH3 is 1. The zero-order valence-corrected chi connectivity index (χ0v) is 32.0. The van der Waals surface area contributed by atoms with Gasteiger partial charge in [0.15, 0.2) is 0 Å². The highest BCUT2D eigenvalue weighted by molar-refractivity contribution is 7.90. The summed E-state index contributed by atoms with van der Waals surface area (Å²) in [5.41, 5.74) is 1.73. The fraction of sp³-hybridized carbons (Fsp3) is 0.553. The van der Waals surface area contributed by atoms with Crippen molar-refractivity contribution in [2.45, 2.75) is 114 Å². The number of fused-ring (bicyclic) bond motifs is 2. The van der Waals surface area contributed by atoms with E-state index in [-0.39, 0.29) is 43.6 Å². The van der Waals surface area contributed by atoms with Gasteiger partial charge in [0.1, 0.15) is 33.8 Å². The van der Waals surface area contributed by atoms with E-state index in [4.69, 9.17) is 19.4 Å². The van der Waals surface area contributed by atoms with Gasteiger partial charge in [-0.05, 0) is 63.5 Å². The molecule has 3 heterocycles. The minimum absolute atomic E-state index is 0.0513. The SMILES string of the molecule is COc1ccc2c(OCC[C@@H]3NC(=O)CCCCCC=C[C@@H]4C[C@@]4(C(=O)NS(=O)(=O)C4CCCC4)NC3=O)cc(-c3nc(C(C)C)cs3)nc2c1C. The largest absolute Gasteiger partial charge is 0.496 e. The van der Waals surface area contributed by atoms with Crippen LogP contribution in [0.3, 0.4) is 0 Å². The lowest BCUT2D eigenvalue weighted by Gasteiger charge is -2.24. The first kappa shape index (κ1) is 37.7. The van der Waals surface area contributed by atoms with Gasteiger partial charge in [0, 0.05) is 41.2 Å². The lowest BCUT2D eigenvalue weighted by atomic mass is 10.1. The maximum atomic E-state index is 14.0. The van der Waals surface area contributed by atoms with Gasteiger partial charge < -0.3 is 20.1 Å². The molecule has 0 saturated heterocycles. The van der Waals surface area contributed by atoms with Crippen LogP contribution in [-0.4, -0.2) is 66.7 Å². The van der Waals surface area contributed by atoms with Crippen LogP contribution in [0.2, 0.25) is 0 Å². The molecule has 2 fully saturated rings. The van der Waals surface area contributed by atoms with Gasteiger partial charge in [0.2, 0.25) is 21.8 Å². The number of aryl methyl sites for hydroxylation is 1. The molecule has 280 valence electrons. The maximum Gasteiger partial charge on any atom is 0.259 e. The van der Waals surface area contributed by atoms with Gasteiger partial charge in [-0.15, -0.1) is 11.3 Å². The number of ether oxygens (including phenoxy) is 2. The van der Waals surface area contributed by atoms with Crippen molar-refractivity contribution < 1.29 is 32.3 Å². The molecule has 2 aliphatic carbocycles. The Morgan fingerprint density at radius 3 is 2.62 bits per heavy atom. The van der Waals surface area contributed by atoms with Crippen LogP contribution in [0.25, 0.3) is 21.6 Å². The number of carbonyl (C=O) groups is 3. The van der Waals surface area contributed by atoms with E-state index >= 15 is 0 Å². The number of rotatable bonds is 10. The molecular formula is C38H49N5O7S2. The predicted molar refractivity (Wildman–Crippen MR) is 201 cm³/mol. The van der Waals surface area contributed by atoms with Crippen molar-refractivity contribution in [3.8, 4) is 22.2 Å². The van der Waals surface area contributed by atoms with Gasteiger partial charge in [0.05, 0.1) is 30.2 Å². The molecule has 6 rings (SSSR count). The van der Waals surface area contributed by atoms with E-state index in [2.05, 4.69) is 29.2 Å². The van der Waals surface area contributed by atoms with Crippen molar-refractivity contribution in [2.24, 2.45) is 5.92 Å². The third-order valence-electron chi connectivity index (χ3n) is 10.4. The van der Waals surface area contributed by atoms with Crippen molar-refractivity contribution in [1.29, 1.82) is 0 Å². The van der Waals surface area contributed by atoms with E-state index in [0.29, 0.717) is 42.0 Å². The molecule has 2 aromatic heterocycles. The molecule has 14 heteroatoms. The van der Waals surface area contributed by atoms with Crippen LogP contribution in [0.4, 0.5) is 0 Å². The predicted octanol–water partition coefficient (Wildman–Crippen LogP) is 5.84. The zero-order chi connectivity index (χ0) is 37.0. The van der Waals surface area contributed by atoms with E-state index in [1.54, 1.807) is 7.11 Å². The number of sulfonamides is 1. The molecule has 3 aromatic rings. The number of amides is 3. The molecule has 3 N–H and O–H groups in total.